The number of alkyl halides is 2. The number of nitrogens with two attached hydrogens (primary N) is 1. The molecule has 3 N–H and O–H groups in total. The summed E-state index contributed by atoms with van der Waals surface area (Å²) >= 11 is 0. The van der Waals surface area contributed by atoms with Crippen molar-refractivity contribution in [3.05, 3.63) is 41.2 Å². The largest absolute Gasteiger partial charge is 0.372 e. The average Bonchev–Trinajstić information content (AvgIpc) is 3.20. The number of halogens is 2. The molecule has 0 saturated heterocycles. The maximum absolute atomic E-state index is 14.9. The highest BCUT2D eigenvalue weighted by molar-refractivity contribution is 5.96. The highest BCUT2D eigenvalue weighted by Gasteiger charge is 2.55. The van der Waals surface area contributed by atoms with Gasteiger partial charge in [0, 0.05) is 18.5 Å². The molecule has 1 aromatic heterocycles. The number of hydrogen-bond donors (Lipinski definition) is 2. The molecule has 2 aliphatic rings. The van der Waals surface area contributed by atoms with Crippen LogP contribution in [0.2, 0.25) is 0 Å². The number of carbonyl (C=O) groups is 1. The van der Waals surface area contributed by atoms with Crippen LogP contribution in [-0.2, 0) is 18.0 Å². The van der Waals surface area contributed by atoms with Gasteiger partial charge in [0.2, 0.25) is 5.82 Å². The standard InChI is InChI=1S/C23H30F2N6O2/c1-30(2)20-17(6-5-9-23(20,24)25)31(3,4)18-11-27-19(21(26)32)22(29-18)28-16-8-7-14-12-33-13-15(14)10-16/h7-8,10-11,17,20H,5-6,9,12-13H2,1-4H3,(H2-,26,28,29,32)/p+1. The van der Waals surface area contributed by atoms with Gasteiger partial charge >= 0.3 is 0 Å². The highest BCUT2D eigenvalue weighted by Crippen LogP contribution is 2.41. The molecular weight excluding hydrogens is 430 g/mol. The van der Waals surface area contributed by atoms with E-state index in [1.165, 1.54) is 6.20 Å². The predicted octanol–water partition coefficient (Wildman–Crippen LogP) is 3.03. The molecular formula is C23H31F2N6O2+. The summed E-state index contributed by atoms with van der Waals surface area (Å²) in [5, 5.41) is 3.15. The summed E-state index contributed by atoms with van der Waals surface area (Å²) in [6, 6.07) is 4.40. The first-order valence-electron chi connectivity index (χ1n) is 11.0. The fourth-order valence-corrected chi connectivity index (χ4v) is 5.01. The number of likely N-dealkylation sites (N-methyl/N-ethyl adjacent to an activating group) is 2. The van der Waals surface area contributed by atoms with E-state index in [1.807, 2.05) is 32.3 Å². The van der Waals surface area contributed by atoms with Crippen molar-refractivity contribution in [2.24, 2.45) is 5.73 Å². The molecule has 1 amide bonds. The van der Waals surface area contributed by atoms with Gasteiger partial charge in [0.25, 0.3) is 11.8 Å². The van der Waals surface area contributed by atoms with Crippen LogP contribution in [0.1, 0.15) is 40.9 Å². The third-order valence-corrected chi connectivity index (χ3v) is 6.76. The molecule has 33 heavy (non-hydrogen) atoms. The van der Waals surface area contributed by atoms with E-state index in [9.17, 15) is 13.6 Å². The summed E-state index contributed by atoms with van der Waals surface area (Å²) in [4.78, 5) is 22.6. The predicted molar refractivity (Wildman–Crippen MR) is 122 cm³/mol. The molecule has 8 nitrogen and oxygen atoms in total. The van der Waals surface area contributed by atoms with Gasteiger partial charge in [-0.05, 0) is 43.8 Å². The number of aromatic nitrogens is 2. The van der Waals surface area contributed by atoms with Gasteiger partial charge in [-0.3, -0.25) is 14.2 Å². The molecule has 0 bridgehead atoms. The Kier molecular flexibility index (Phi) is 6.10. The molecule has 1 aliphatic carbocycles. The van der Waals surface area contributed by atoms with E-state index >= 15 is 0 Å². The Labute approximate surface area is 192 Å². The van der Waals surface area contributed by atoms with Gasteiger partial charge in [-0.25, -0.2) is 13.8 Å². The maximum Gasteiger partial charge on any atom is 0.271 e. The molecule has 1 aromatic carbocycles. The van der Waals surface area contributed by atoms with Crippen LogP contribution in [0.25, 0.3) is 0 Å². The second-order valence-electron chi connectivity index (χ2n) is 9.56. The van der Waals surface area contributed by atoms with Gasteiger partial charge in [0.15, 0.2) is 11.5 Å². The lowest BCUT2D eigenvalue weighted by Crippen LogP contribution is -2.66. The lowest BCUT2D eigenvalue weighted by atomic mass is 9.84. The van der Waals surface area contributed by atoms with Crippen molar-refractivity contribution in [1.29, 1.82) is 0 Å². The normalized spacial score (nSPS) is 22.3. The zero-order valence-corrected chi connectivity index (χ0v) is 19.4. The lowest BCUT2D eigenvalue weighted by Gasteiger charge is -2.48. The van der Waals surface area contributed by atoms with Crippen molar-refractivity contribution in [2.45, 2.75) is 50.5 Å². The monoisotopic (exact) mass is 461 g/mol. The minimum Gasteiger partial charge on any atom is -0.372 e. The number of amides is 1. The van der Waals surface area contributed by atoms with Crippen LogP contribution in [0.4, 0.5) is 26.1 Å². The van der Waals surface area contributed by atoms with E-state index in [0.717, 1.165) is 11.1 Å². The van der Waals surface area contributed by atoms with Gasteiger partial charge in [-0.15, -0.1) is 0 Å². The SMILES string of the molecule is CN(C)C1C([N+](C)(C)c2cnc(C(N)=O)c(Nc3ccc4c(c3)COC4)n2)CCCC1(F)F. The van der Waals surface area contributed by atoms with E-state index in [4.69, 9.17) is 10.5 Å². The molecule has 0 radical (unpaired) electrons. The van der Waals surface area contributed by atoms with Crippen LogP contribution in [0.3, 0.4) is 0 Å². The number of ether oxygens (including phenoxy) is 1. The van der Waals surface area contributed by atoms with E-state index in [-0.39, 0.29) is 22.4 Å². The number of quaternary nitrogens is 1. The number of carbonyl (C=O) groups excluding carboxylic acids is 1. The van der Waals surface area contributed by atoms with Crippen LogP contribution in [0.5, 0.6) is 0 Å². The van der Waals surface area contributed by atoms with Crippen LogP contribution in [-0.4, -0.2) is 67.0 Å². The van der Waals surface area contributed by atoms with Crippen LogP contribution < -0.4 is 15.5 Å². The van der Waals surface area contributed by atoms with Crippen LogP contribution in [0.15, 0.2) is 24.4 Å². The van der Waals surface area contributed by atoms with Crippen LogP contribution >= 0.6 is 0 Å². The molecule has 2 atom stereocenters. The average molecular weight is 462 g/mol. The van der Waals surface area contributed by atoms with E-state index in [0.29, 0.717) is 37.6 Å². The Morgan fingerprint density at radius 3 is 2.70 bits per heavy atom. The minimum atomic E-state index is -2.81. The molecule has 2 heterocycles. The number of nitrogens with one attached hydrogen (secondary N) is 1. The summed E-state index contributed by atoms with van der Waals surface area (Å²) in [5.41, 5.74) is 8.42. The molecule has 4 rings (SSSR count). The van der Waals surface area contributed by atoms with E-state index in [2.05, 4.69) is 15.3 Å². The quantitative estimate of drug-likeness (QED) is 0.643. The maximum atomic E-state index is 14.9. The Hall–Kier alpha value is -2.69. The highest BCUT2D eigenvalue weighted by atomic mass is 19.3. The summed E-state index contributed by atoms with van der Waals surface area (Å²) in [5.74, 6) is -2.85. The number of nitrogens with zero attached hydrogens (tertiary/aromatic N) is 4. The molecule has 2 aromatic rings. The van der Waals surface area contributed by atoms with Gasteiger partial charge in [-0.1, -0.05) is 6.07 Å². The number of primary amides is 1. The fourth-order valence-electron chi connectivity index (χ4n) is 5.01. The number of hydrogen-bond acceptors (Lipinski definition) is 6. The van der Waals surface area contributed by atoms with Gasteiger partial charge < -0.3 is 15.8 Å². The topological polar surface area (TPSA) is 93.4 Å². The first kappa shape index (κ1) is 23.5. The first-order chi connectivity index (χ1) is 15.5. The van der Waals surface area contributed by atoms with E-state index < -0.39 is 23.9 Å². The van der Waals surface area contributed by atoms with Crippen LogP contribution in [0, 0.1) is 0 Å². The molecule has 0 spiro atoms. The van der Waals surface area contributed by atoms with Crippen molar-refractivity contribution >= 4 is 23.2 Å². The molecule has 178 valence electrons. The Morgan fingerprint density at radius 2 is 2.00 bits per heavy atom. The van der Waals surface area contributed by atoms with Crippen molar-refractivity contribution in [3.63, 3.8) is 0 Å². The molecule has 1 fully saturated rings. The van der Waals surface area contributed by atoms with Crippen molar-refractivity contribution in [1.82, 2.24) is 19.4 Å². The molecule has 10 heteroatoms. The summed E-state index contributed by atoms with van der Waals surface area (Å²) in [6.07, 6.45) is 2.38. The fraction of sp³-hybridized carbons (Fsp3) is 0.522. The molecule has 1 saturated carbocycles. The Balaban J connectivity index is 1.71. The summed E-state index contributed by atoms with van der Waals surface area (Å²) in [7, 11) is 7.08. The number of fused-ring (bicyclic) bond motifs is 1. The van der Waals surface area contributed by atoms with Gasteiger partial charge in [0.05, 0.1) is 27.3 Å². The Morgan fingerprint density at radius 1 is 1.27 bits per heavy atom. The smallest absolute Gasteiger partial charge is 0.271 e. The lowest BCUT2D eigenvalue weighted by molar-refractivity contribution is -0.119. The zero-order chi connectivity index (χ0) is 24.0. The third-order valence-electron chi connectivity index (χ3n) is 6.76. The van der Waals surface area contributed by atoms with Crippen molar-refractivity contribution in [3.8, 4) is 0 Å². The number of anilines is 2. The second kappa shape index (κ2) is 8.58. The van der Waals surface area contributed by atoms with Crippen molar-refractivity contribution < 1.29 is 18.3 Å². The van der Waals surface area contributed by atoms with Crippen molar-refractivity contribution in [2.75, 3.05) is 33.5 Å². The summed E-state index contributed by atoms with van der Waals surface area (Å²) < 4.78 is 35.3. The van der Waals surface area contributed by atoms with Gasteiger partial charge in [-0.2, -0.15) is 4.98 Å². The number of rotatable bonds is 6. The van der Waals surface area contributed by atoms with Gasteiger partial charge in [0.1, 0.15) is 18.3 Å². The third kappa shape index (κ3) is 4.42. The Bertz CT molecular complexity index is 1060. The number of benzene rings is 1. The first-order valence-corrected chi connectivity index (χ1v) is 11.0. The zero-order valence-electron chi connectivity index (χ0n) is 19.4. The molecule has 2 unspecified atom stereocenters. The molecule has 1 aliphatic heterocycles. The minimum absolute atomic E-state index is 0.00590. The van der Waals surface area contributed by atoms with E-state index in [1.54, 1.807) is 19.0 Å². The second-order valence-corrected chi connectivity index (χ2v) is 9.56. The summed E-state index contributed by atoms with van der Waals surface area (Å²) in [6.45, 7) is 1.09.